The average molecular weight is 184 g/mol. The fourth-order valence-electron chi connectivity index (χ4n) is 0.839. The molecule has 0 radical (unpaired) electrons. The van der Waals surface area contributed by atoms with Gasteiger partial charge < -0.3 is 9.84 Å². The fraction of sp³-hybridized carbons (Fsp3) is 0.400. The van der Waals surface area contributed by atoms with Crippen LogP contribution < -0.4 is 4.74 Å². The van der Waals surface area contributed by atoms with Gasteiger partial charge in [-0.15, -0.1) is 0 Å². The van der Waals surface area contributed by atoms with Gasteiger partial charge in [-0.3, -0.25) is 0 Å². The zero-order valence-electron chi connectivity index (χ0n) is 7.70. The predicted octanol–water partition coefficient (Wildman–Crippen LogP) is 1.97. The lowest BCUT2D eigenvalue weighted by atomic mass is 10.2. The van der Waals surface area contributed by atoms with Crippen molar-refractivity contribution in [1.82, 2.24) is 0 Å². The molecule has 0 aromatic heterocycles. The smallest absolute Gasteiger partial charge is 0.165 e. The Morgan fingerprint density at radius 1 is 1.31 bits per heavy atom. The first-order chi connectivity index (χ1) is 6.11. The average Bonchev–Trinajstić information content (AvgIpc) is 2.08. The molecule has 0 bridgehead atoms. The number of benzene rings is 1. The number of para-hydroxylation sites is 1. The third-order valence-electron chi connectivity index (χ3n) is 1.83. The largest absolute Gasteiger partial charge is 0.485 e. The van der Waals surface area contributed by atoms with Crippen molar-refractivity contribution < 1.29 is 14.2 Å². The van der Waals surface area contributed by atoms with Crippen molar-refractivity contribution in [3.05, 3.63) is 30.1 Å². The third kappa shape index (κ3) is 2.70. The molecule has 3 heteroatoms. The second kappa shape index (κ2) is 4.23. The van der Waals surface area contributed by atoms with Crippen LogP contribution in [-0.4, -0.2) is 17.3 Å². The monoisotopic (exact) mass is 184 g/mol. The highest BCUT2D eigenvalue weighted by Gasteiger charge is 2.12. The van der Waals surface area contributed by atoms with Gasteiger partial charge in [-0.2, -0.15) is 0 Å². The summed E-state index contributed by atoms with van der Waals surface area (Å²) in [6, 6.07) is 6.14. The van der Waals surface area contributed by atoms with E-state index in [1.54, 1.807) is 26.0 Å². The van der Waals surface area contributed by atoms with E-state index in [1.165, 1.54) is 12.1 Å². The van der Waals surface area contributed by atoms with Crippen molar-refractivity contribution in [2.45, 2.75) is 26.1 Å². The van der Waals surface area contributed by atoms with Gasteiger partial charge in [0, 0.05) is 0 Å². The van der Waals surface area contributed by atoms with Crippen molar-refractivity contribution in [2.75, 3.05) is 0 Å². The highest BCUT2D eigenvalue weighted by atomic mass is 19.1. The van der Waals surface area contributed by atoms with Crippen LogP contribution in [-0.2, 0) is 0 Å². The van der Waals surface area contributed by atoms with Crippen molar-refractivity contribution >= 4 is 0 Å². The van der Waals surface area contributed by atoms with Gasteiger partial charge in [0.15, 0.2) is 11.6 Å². The van der Waals surface area contributed by atoms with E-state index < -0.39 is 18.0 Å². The summed E-state index contributed by atoms with van der Waals surface area (Å²) in [5.41, 5.74) is 0. The van der Waals surface area contributed by atoms with E-state index in [1.807, 2.05) is 0 Å². The Morgan fingerprint density at radius 2 is 1.92 bits per heavy atom. The number of halogens is 1. The van der Waals surface area contributed by atoms with Gasteiger partial charge in [-0.05, 0) is 26.0 Å². The van der Waals surface area contributed by atoms with Gasteiger partial charge in [0.05, 0.1) is 6.10 Å². The first kappa shape index (κ1) is 9.99. The van der Waals surface area contributed by atoms with Crippen molar-refractivity contribution in [3.8, 4) is 5.75 Å². The van der Waals surface area contributed by atoms with E-state index in [0.29, 0.717) is 0 Å². The van der Waals surface area contributed by atoms with Crippen LogP contribution in [0.5, 0.6) is 5.75 Å². The molecule has 0 heterocycles. The van der Waals surface area contributed by atoms with Gasteiger partial charge in [-0.1, -0.05) is 12.1 Å². The van der Waals surface area contributed by atoms with Gasteiger partial charge in [-0.25, -0.2) is 4.39 Å². The Labute approximate surface area is 77.0 Å². The van der Waals surface area contributed by atoms with Crippen LogP contribution in [0.4, 0.5) is 4.39 Å². The van der Waals surface area contributed by atoms with Crippen LogP contribution in [0.25, 0.3) is 0 Å². The maximum Gasteiger partial charge on any atom is 0.165 e. The Bertz CT molecular complexity index is 273. The summed E-state index contributed by atoms with van der Waals surface area (Å²) in [5.74, 6) is -0.231. The molecule has 0 saturated heterocycles. The molecule has 1 aromatic rings. The molecule has 0 aliphatic heterocycles. The zero-order valence-corrected chi connectivity index (χ0v) is 7.70. The van der Waals surface area contributed by atoms with Crippen LogP contribution >= 0.6 is 0 Å². The minimum atomic E-state index is -0.611. The van der Waals surface area contributed by atoms with E-state index in [0.717, 1.165) is 0 Å². The molecule has 1 aromatic carbocycles. The number of rotatable bonds is 3. The molecule has 72 valence electrons. The maximum atomic E-state index is 13.0. The van der Waals surface area contributed by atoms with E-state index in [4.69, 9.17) is 9.84 Å². The molecule has 0 aliphatic carbocycles. The molecule has 0 spiro atoms. The topological polar surface area (TPSA) is 29.5 Å². The van der Waals surface area contributed by atoms with Gasteiger partial charge in [0.1, 0.15) is 6.10 Å². The third-order valence-corrected chi connectivity index (χ3v) is 1.83. The number of aliphatic hydroxyl groups is 1. The number of ether oxygens (including phenoxy) is 1. The molecule has 1 rings (SSSR count). The summed E-state index contributed by atoms with van der Waals surface area (Å²) in [4.78, 5) is 0. The lowest BCUT2D eigenvalue weighted by Crippen LogP contribution is -2.25. The minimum Gasteiger partial charge on any atom is -0.485 e. The molecule has 0 fully saturated rings. The van der Waals surface area contributed by atoms with E-state index in [2.05, 4.69) is 0 Å². The summed E-state index contributed by atoms with van der Waals surface area (Å²) in [7, 11) is 0. The molecule has 0 aliphatic rings. The van der Waals surface area contributed by atoms with Crippen molar-refractivity contribution in [2.24, 2.45) is 0 Å². The molecule has 2 unspecified atom stereocenters. The van der Waals surface area contributed by atoms with Gasteiger partial charge in [0.2, 0.25) is 0 Å². The van der Waals surface area contributed by atoms with Crippen LogP contribution in [0.3, 0.4) is 0 Å². The van der Waals surface area contributed by atoms with E-state index in [-0.39, 0.29) is 5.75 Å². The Morgan fingerprint density at radius 3 is 2.46 bits per heavy atom. The molecular weight excluding hydrogens is 171 g/mol. The first-order valence-corrected chi connectivity index (χ1v) is 4.20. The number of aliphatic hydroxyl groups excluding tert-OH is 1. The summed E-state index contributed by atoms with van der Waals surface area (Å²) in [6.45, 7) is 3.29. The molecule has 2 atom stereocenters. The second-order valence-electron chi connectivity index (χ2n) is 2.99. The highest BCUT2D eigenvalue weighted by molar-refractivity contribution is 5.23. The number of hydrogen-bond acceptors (Lipinski definition) is 2. The summed E-state index contributed by atoms with van der Waals surface area (Å²) >= 11 is 0. The molecular formula is C10H13FO2. The van der Waals surface area contributed by atoms with Crippen molar-refractivity contribution in [3.63, 3.8) is 0 Å². The van der Waals surface area contributed by atoms with E-state index in [9.17, 15) is 4.39 Å². The summed E-state index contributed by atoms with van der Waals surface area (Å²) < 4.78 is 18.2. The standard InChI is InChI=1S/C10H13FO2/c1-7(12)8(2)13-10-6-4-3-5-9(10)11/h3-8,12H,1-2H3. The Hall–Kier alpha value is -1.09. The lowest BCUT2D eigenvalue weighted by Gasteiger charge is -2.17. The van der Waals surface area contributed by atoms with E-state index >= 15 is 0 Å². The summed E-state index contributed by atoms with van der Waals surface area (Å²) in [6.07, 6.45) is -1.02. The van der Waals surface area contributed by atoms with Crippen molar-refractivity contribution in [1.29, 1.82) is 0 Å². The maximum absolute atomic E-state index is 13.0. The van der Waals surface area contributed by atoms with Crippen LogP contribution in [0.2, 0.25) is 0 Å². The SMILES string of the molecule is CC(O)C(C)Oc1ccccc1F. The highest BCUT2D eigenvalue weighted by Crippen LogP contribution is 2.17. The number of hydrogen-bond donors (Lipinski definition) is 1. The Kier molecular flexibility index (Phi) is 3.25. The van der Waals surface area contributed by atoms with Gasteiger partial charge in [0.25, 0.3) is 0 Å². The fourth-order valence-corrected chi connectivity index (χ4v) is 0.839. The van der Waals surface area contributed by atoms with Crippen LogP contribution in [0.15, 0.2) is 24.3 Å². The predicted molar refractivity (Wildman–Crippen MR) is 48.2 cm³/mol. The second-order valence-corrected chi connectivity index (χ2v) is 2.99. The van der Waals surface area contributed by atoms with Crippen LogP contribution in [0, 0.1) is 5.82 Å². The molecule has 2 nitrogen and oxygen atoms in total. The molecule has 0 amide bonds. The molecule has 1 N–H and O–H groups in total. The van der Waals surface area contributed by atoms with Gasteiger partial charge >= 0.3 is 0 Å². The Balaban J connectivity index is 2.69. The molecule has 0 saturated carbocycles. The normalized spacial score (nSPS) is 15.1. The molecule has 13 heavy (non-hydrogen) atoms. The first-order valence-electron chi connectivity index (χ1n) is 4.20. The quantitative estimate of drug-likeness (QED) is 0.778. The van der Waals surface area contributed by atoms with Crippen LogP contribution in [0.1, 0.15) is 13.8 Å². The minimum absolute atomic E-state index is 0.177. The lowest BCUT2D eigenvalue weighted by molar-refractivity contribution is 0.0579. The summed E-state index contributed by atoms with van der Waals surface area (Å²) in [5, 5.41) is 9.13. The zero-order chi connectivity index (χ0) is 9.84.